The fourth-order valence-corrected chi connectivity index (χ4v) is 1.88. The molecule has 0 saturated carbocycles. The van der Waals surface area contributed by atoms with E-state index in [1.807, 2.05) is 0 Å². The fourth-order valence-electron chi connectivity index (χ4n) is 1.88. The minimum atomic E-state index is -2.95. The van der Waals surface area contributed by atoms with Crippen LogP contribution in [0.3, 0.4) is 0 Å². The molecule has 0 amide bonds. The highest BCUT2D eigenvalue weighted by Gasteiger charge is 2.10. The lowest BCUT2D eigenvalue weighted by Gasteiger charge is -2.09. The predicted molar refractivity (Wildman–Crippen MR) is 85.1 cm³/mol. The summed E-state index contributed by atoms with van der Waals surface area (Å²) in [6.45, 7) is -2.82. The maximum absolute atomic E-state index is 12.3. The van der Waals surface area contributed by atoms with Gasteiger partial charge < -0.3 is 14.3 Å². The molecule has 0 bridgehead atoms. The number of ether oxygens (including phenoxy) is 2. The van der Waals surface area contributed by atoms with Crippen LogP contribution in [0.5, 0.6) is 11.5 Å². The van der Waals surface area contributed by atoms with Crippen molar-refractivity contribution in [1.82, 2.24) is 0 Å². The smallest absolute Gasteiger partial charge is 0.387 e. The van der Waals surface area contributed by atoms with Gasteiger partial charge in [-0.2, -0.15) is 8.78 Å². The molecular formula is C16H14F2N2O5. The first-order valence-corrected chi connectivity index (χ1v) is 7.01. The van der Waals surface area contributed by atoms with Crippen molar-refractivity contribution in [2.75, 3.05) is 7.11 Å². The second-order valence-corrected chi connectivity index (χ2v) is 4.72. The lowest BCUT2D eigenvalue weighted by molar-refractivity contribution is -0.384. The lowest BCUT2D eigenvalue weighted by Crippen LogP contribution is -2.03. The van der Waals surface area contributed by atoms with E-state index in [0.717, 1.165) is 0 Å². The maximum Gasteiger partial charge on any atom is 0.387 e. The monoisotopic (exact) mass is 352 g/mol. The molecule has 0 aliphatic heterocycles. The van der Waals surface area contributed by atoms with Crippen molar-refractivity contribution in [2.24, 2.45) is 5.16 Å². The number of alkyl halides is 2. The average Bonchev–Trinajstić information content (AvgIpc) is 2.59. The molecule has 0 aliphatic carbocycles. The van der Waals surface area contributed by atoms with Crippen LogP contribution in [-0.2, 0) is 11.4 Å². The lowest BCUT2D eigenvalue weighted by atomic mass is 10.2. The summed E-state index contributed by atoms with van der Waals surface area (Å²) in [7, 11) is 1.33. The molecule has 2 rings (SSSR count). The van der Waals surface area contributed by atoms with E-state index in [1.165, 1.54) is 43.7 Å². The number of non-ortho nitro benzene ring substituents is 1. The van der Waals surface area contributed by atoms with Crippen molar-refractivity contribution in [3.05, 3.63) is 63.7 Å². The van der Waals surface area contributed by atoms with Crippen LogP contribution in [0, 0.1) is 10.1 Å². The Labute approximate surface area is 141 Å². The molecule has 25 heavy (non-hydrogen) atoms. The molecule has 0 unspecified atom stereocenters. The van der Waals surface area contributed by atoms with Gasteiger partial charge in [0, 0.05) is 17.7 Å². The highest BCUT2D eigenvalue weighted by atomic mass is 19.3. The summed E-state index contributed by atoms with van der Waals surface area (Å²) in [6, 6.07) is 10.2. The van der Waals surface area contributed by atoms with Gasteiger partial charge in [0.2, 0.25) is 0 Å². The Morgan fingerprint density at radius 2 is 1.92 bits per heavy atom. The van der Waals surface area contributed by atoms with Crippen molar-refractivity contribution in [3.8, 4) is 11.5 Å². The van der Waals surface area contributed by atoms with Crippen LogP contribution < -0.4 is 9.47 Å². The first kappa shape index (κ1) is 18.1. The molecule has 0 spiro atoms. The molecule has 2 aromatic carbocycles. The summed E-state index contributed by atoms with van der Waals surface area (Å²) in [4.78, 5) is 15.2. The summed E-state index contributed by atoms with van der Waals surface area (Å²) in [5, 5.41) is 14.3. The van der Waals surface area contributed by atoms with Crippen molar-refractivity contribution < 1.29 is 28.0 Å². The molecule has 0 heterocycles. The van der Waals surface area contributed by atoms with E-state index in [2.05, 4.69) is 9.89 Å². The first-order valence-electron chi connectivity index (χ1n) is 7.01. The quantitative estimate of drug-likeness (QED) is 0.410. The van der Waals surface area contributed by atoms with E-state index in [0.29, 0.717) is 11.1 Å². The molecular weight excluding hydrogens is 338 g/mol. The molecule has 0 atom stereocenters. The summed E-state index contributed by atoms with van der Waals surface area (Å²) < 4.78 is 33.8. The van der Waals surface area contributed by atoms with Crippen molar-refractivity contribution >= 4 is 11.9 Å². The molecule has 0 saturated heterocycles. The number of benzene rings is 2. The van der Waals surface area contributed by atoms with Gasteiger partial charge in [-0.15, -0.1) is 0 Å². The third-order valence-electron chi connectivity index (χ3n) is 3.06. The molecule has 0 aliphatic rings. The first-order chi connectivity index (χ1) is 12.0. The number of rotatable bonds is 8. The van der Waals surface area contributed by atoms with E-state index in [4.69, 9.17) is 9.57 Å². The molecule has 7 nitrogen and oxygen atoms in total. The summed E-state index contributed by atoms with van der Waals surface area (Å²) >= 11 is 0. The Morgan fingerprint density at radius 1 is 1.20 bits per heavy atom. The van der Waals surface area contributed by atoms with Gasteiger partial charge in [0.05, 0.1) is 18.2 Å². The Kier molecular flexibility index (Phi) is 6.21. The third-order valence-corrected chi connectivity index (χ3v) is 3.06. The number of nitro groups is 1. The molecule has 2 aromatic rings. The number of hydrogen-bond acceptors (Lipinski definition) is 6. The zero-order valence-electron chi connectivity index (χ0n) is 13.1. The second kappa shape index (κ2) is 8.57. The largest absolute Gasteiger partial charge is 0.493 e. The van der Waals surface area contributed by atoms with Gasteiger partial charge in [-0.3, -0.25) is 10.1 Å². The van der Waals surface area contributed by atoms with Crippen molar-refractivity contribution in [2.45, 2.75) is 13.2 Å². The predicted octanol–water partition coefficient (Wildman–Crippen LogP) is 3.76. The van der Waals surface area contributed by atoms with Crippen LogP contribution in [0.4, 0.5) is 14.5 Å². The van der Waals surface area contributed by atoms with Gasteiger partial charge in [0.1, 0.15) is 6.61 Å². The van der Waals surface area contributed by atoms with Gasteiger partial charge in [0.25, 0.3) is 5.69 Å². The number of methoxy groups -OCH3 is 1. The number of halogens is 2. The van der Waals surface area contributed by atoms with Gasteiger partial charge in [-0.25, -0.2) is 0 Å². The zero-order valence-corrected chi connectivity index (χ0v) is 13.1. The Hall–Kier alpha value is -3.23. The molecule has 132 valence electrons. The molecule has 0 aromatic heterocycles. The average molecular weight is 352 g/mol. The van der Waals surface area contributed by atoms with E-state index < -0.39 is 11.5 Å². The maximum atomic E-state index is 12.3. The Morgan fingerprint density at radius 3 is 2.52 bits per heavy atom. The highest BCUT2D eigenvalue weighted by Crippen LogP contribution is 2.28. The standard InChI is InChI=1S/C16H14F2N2O5/c1-23-15-8-12(4-7-14(15)25-16(17)18)9-19-24-10-11-2-5-13(6-3-11)20(21)22/h2-9,16H,10H2,1H3/b19-9+. The Balaban J connectivity index is 1.94. The fraction of sp³-hybridized carbons (Fsp3) is 0.188. The van der Waals surface area contributed by atoms with Crippen LogP contribution in [0.2, 0.25) is 0 Å². The normalized spacial score (nSPS) is 10.9. The summed E-state index contributed by atoms with van der Waals surface area (Å²) in [5.41, 5.74) is 1.26. The van der Waals surface area contributed by atoms with Crippen LogP contribution in [-0.4, -0.2) is 24.9 Å². The van der Waals surface area contributed by atoms with E-state index in [1.54, 1.807) is 12.1 Å². The minimum Gasteiger partial charge on any atom is -0.493 e. The van der Waals surface area contributed by atoms with Crippen LogP contribution >= 0.6 is 0 Å². The van der Waals surface area contributed by atoms with Crippen LogP contribution in [0.15, 0.2) is 47.6 Å². The number of oxime groups is 1. The number of nitro benzene ring substituents is 1. The topological polar surface area (TPSA) is 83.2 Å². The van der Waals surface area contributed by atoms with E-state index >= 15 is 0 Å². The van der Waals surface area contributed by atoms with E-state index in [9.17, 15) is 18.9 Å². The highest BCUT2D eigenvalue weighted by molar-refractivity contribution is 5.80. The van der Waals surface area contributed by atoms with Gasteiger partial charge >= 0.3 is 6.61 Å². The molecule has 0 N–H and O–H groups in total. The zero-order chi connectivity index (χ0) is 18.2. The minimum absolute atomic E-state index is 0.00884. The van der Waals surface area contributed by atoms with Crippen molar-refractivity contribution in [3.63, 3.8) is 0 Å². The second-order valence-electron chi connectivity index (χ2n) is 4.72. The molecule has 0 radical (unpaired) electrons. The summed E-state index contributed by atoms with van der Waals surface area (Å²) in [5.74, 6) is 0.0565. The Bertz CT molecular complexity index is 751. The number of hydrogen-bond donors (Lipinski definition) is 0. The summed E-state index contributed by atoms with van der Waals surface area (Å²) in [6.07, 6.45) is 1.38. The van der Waals surface area contributed by atoms with Crippen molar-refractivity contribution in [1.29, 1.82) is 0 Å². The molecule has 0 fully saturated rings. The van der Waals surface area contributed by atoms with Crippen LogP contribution in [0.1, 0.15) is 11.1 Å². The molecule has 9 heteroatoms. The number of nitrogens with zero attached hydrogens (tertiary/aromatic N) is 2. The van der Waals surface area contributed by atoms with Crippen LogP contribution in [0.25, 0.3) is 0 Å². The van der Waals surface area contributed by atoms with Gasteiger partial charge in [-0.05, 0) is 35.9 Å². The van der Waals surface area contributed by atoms with Gasteiger partial charge in [0.15, 0.2) is 11.5 Å². The SMILES string of the molecule is COc1cc(/C=N/OCc2ccc([N+](=O)[O-])cc2)ccc1OC(F)F. The third kappa shape index (κ3) is 5.41. The van der Waals surface area contributed by atoms with E-state index in [-0.39, 0.29) is 23.8 Å². The van der Waals surface area contributed by atoms with Gasteiger partial charge in [-0.1, -0.05) is 5.16 Å².